The van der Waals surface area contributed by atoms with Gasteiger partial charge in [0.25, 0.3) is 0 Å². The second-order valence-corrected chi connectivity index (χ2v) is 30.1. The SMILES string of the molecule is CC(C)CCCCCCCCCCCCCCC(=O)OC[C@H](COP(=O)(O)OCC(O)COP(=O)(O)OC[C@@H](COC(=O)CCCCCCCCCCC(C)C)OC(=O)CCCCCCCCCCCCC(C)C)OC(=O)CCCCCCCCCC(C)C. The number of aliphatic hydroxyl groups excluding tert-OH is 1. The van der Waals surface area contributed by atoms with Gasteiger partial charge in [-0.25, -0.2) is 9.13 Å². The minimum Gasteiger partial charge on any atom is -0.462 e. The molecule has 0 amide bonds. The molecule has 19 heteroatoms. The molecule has 0 heterocycles. The maximum absolute atomic E-state index is 13.0. The zero-order chi connectivity index (χ0) is 66.1. The van der Waals surface area contributed by atoms with Crippen molar-refractivity contribution in [2.75, 3.05) is 39.6 Å². The number of hydrogen-bond acceptors (Lipinski definition) is 15. The Morgan fingerprint density at radius 1 is 0.281 bits per heavy atom. The Kier molecular flexibility index (Phi) is 58.5. The first-order valence-corrected chi connectivity index (χ1v) is 39.2. The number of aliphatic hydroxyl groups is 1. The highest BCUT2D eigenvalue weighted by atomic mass is 31.2. The van der Waals surface area contributed by atoms with Gasteiger partial charge in [-0.05, 0) is 49.4 Å². The van der Waals surface area contributed by atoms with Gasteiger partial charge in [-0.15, -0.1) is 0 Å². The first kappa shape index (κ1) is 87.1. The van der Waals surface area contributed by atoms with Gasteiger partial charge in [-0.3, -0.25) is 37.3 Å². The van der Waals surface area contributed by atoms with Crippen molar-refractivity contribution in [3.8, 4) is 0 Å². The van der Waals surface area contributed by atoms with E-state index in [0.29, 0.717) is 31.6 Å². The molecule has 5 atom stereocenters. The van der Waals surface area contributed by atoms with E-state index < -0.39 is 97.5 Å². The number of esters is 4. The Balaban J connectivity index is 5.24. The minimum atomic E-state index is -4.95. The molecule has 17 nitrogen and oxygen atoms in total. The average Bonchev–Trinajstić information content (AvgIpc) is 3.61. The molecule has 0 aliphatic heterocycles. The Bertz CT molecular complexity index is 1760. The van der Waals surface area contributed by atoms with Crippen molar-refractivity contribution in [2.24, 2.45) is 23.7 Å². The molecule has 528 valence electrons. The normalized spacial score (nSPS) is 14.3. The minimum absolute atomic E-state index is 0.103. The molecule has 89 heavy (non-hydrogen) atoms. The molecule has 0 aromatic heterocycles. The lowest BCUT2D eigenvalue weighted by Crippen LogP contribution is -2.30. The first-order valence-electron chi connectivity index (χ1n) is 36.2. The fourth-order valence-electron chi connectivity index (χ4n) is 10.5. The topological polar surface area (TPSA) is 237 Å². The molecule has 0 spiro atoms. The van der Waals surface area contributed by atoms with Crippen LogP contribution in [0, 0.1) is 23.7 Å². The van der Waals surface area contributed by atoms with Crippen LogP contribution >= 0.6 is 15.6 Å². The van der Waals surface area contributed by atoms with Crippen LogP contribution in [0.1, 0.15) is 344 Å². The fraction of sp³-hybridized carbons (Fsp3) is 0.943. The summed E-state index contributed by atoms with van der Waals surface area (Å²) in [7, 11) is -9.90. The summed E-state index contributed by atoms with van der Waals surface area (Å²) in [6.45, 7) is 14.1. The Labute approximate surface area is 543 Å². The van der Waals surface area contributed by atoms with Crippen molar-refractivity contribution in [2.45, 2.75) is 363 Å². The summed E-state index contributed by atoms with van der Waals surface area (Å²) in [5.74, 6) is 0.824. The van der Waals surface area contributed by atoms with Crippen LogP contribution in [0.5, 0.6) is 0 Å². The molecule has 0 fully saturated rings. The van der Waals surface area contributed by atoms with Crippen molar-refractivity contribution in [3.05, 3.63) is 0 Å². The molecule has 0 radical (unpaired) electrons. The summed E-state index contributed by atoms with van der Waals surface area (Å²) in [6.07, 6.45) is 41.8. The number of carbonyl (C=O) groups excluding carboxylic acids is 4. The summed E-state index contributed by atoms with van der Waals surface area (Å²) < 4.78 is 68.3. The number of carbonyl (C=O) groups is 4. The molecule has 3 N–H and O–H groups in total. The number of ether oxygens (including phenoxy) is 4. The van der Waals surface area contributed by atoms with E-state index in [9.17, 15) is 43.2 Å². The number of rotatable bonds is 67. The van der Waals surface area contributed by atoms with Crippen LogP contribution in [-0.4, -0.2) is 96.7 Å². The Hall–Kier alpha value is -1.94. The molecule has 0 rings (SSSR count). The van der Waals surface area contributed by atoms with E-state index in [1.807, 2.05) is 0 Å². The molecule has 3 unspecified atom stereocenters. The second-order valence-electron chi connectivity index (χ2n) is 27.2. The fourth-order valence-corrected chi connectivity index (χ4v) is 12.1. The largest absolute Gasteiger partial charge is 0.472 e. The number of phosphoric ester groups is 2. The van der Waals surface area contributed by atoms with E-state index in [0.717, 1.165) is 108 Å². The van der Waals surface area contributed by atoms with Crippen LogP contribution in [0.4, 0.5) is 0 Å². The van der Waals surface area contributed by atoms with Gasteiger partial charge >= 0.3 is 39.5 Å². The molecule has 0 saturated heterocycles. The lowest BCUT2D eigenvalue weighted by molar-refractivity contribution is -0.161. The van der Waals surface area contributed by atoms with E-state index in [1.165, 1.54) is 148 Å². The number of hydrogen-bond donors (Lipinski definition) is 3. The van der Waals surface area contributed by atoms with E-state index in [2.05, 4.69) is 55.4 Å². The maximum Gasteiger partial charge on any atom is 0.472 e. The third-order valence-corrected chi connectivity index (χ3v) is 18.0. The van der Waals surface area contributed by atoms with Crippen molar-refractivity contribution in [1.29, 1.82) is 0 Å². The van der Waals surface area contributed by atoms with Crippen molar-refractivity contribution >= 4 is 39.5 Å². The summed E-state index contributed by atoms with van der Waals surface area (Å²) in [4.78, 5) is 72.5. The highest BCUT2D eigenvalue weighted by Crippen LogP contribution is 2.45. The van der Waals surface area contributed by atoms with Gasteiger partial charge in [0.1, 0.15) is 19.3 Å². The quantitative estimate of drug-likeness (QED) is 0.0222. The van der Waals surface area contributed by atoms with E-state index >= 15 is 0 Å². The zero-order valence-corrected chi connectivity index (χ0v) is 59.8. The van der Waals surface area contributed by atoms with Crippen LogP contribution in [0.25, 0.3) is 0 Å². The van der Waals surface area contributed by atoms with Gasteiger partial charge in [0.15, 0.2) is 12.2 Å². The Morgan fingerprint density at radius 2 is 0.472 bits per heavy atom. The lowest BCUT2D eigenvalue weighted by Gasteiger charge is -2.21. The van der Waals surface area contributed by atoms with Crippen LogP contribution in [-0.2, 0) is 65.4 Å². The molecular formula is C70H136O17P2. The predicted molar refractivity (Wildman–Crippen MR) is 358 cm³/mol. The lowest BCUT2D eigenvalue weighted by atomic mass is 10.0. The van der Waals surface area contributed by atoms with E-state index in [1.54, 1.807) is 0 Å². The van der Waals surface area contributed by atoms with Crippen molar-refractivity contribution in [3.63, 3.8) is 0 Å². The molecule has 0 aromatic rings. The highest BCUT2D eigenvalue weighted by Gasteiger charge is 2.30. The summed E-state index contributed by atoms with van der Waals surface area (Å²) >= 11 is 0. The monoisotopic (exact) mass is 1310 g/mol. The van der Waals surface area contributed by atoms with Gasteiger partial charge in [0, 0.05) is 25.7 Å². The molecule has 0 aromatic carbocycles. The van der Waals surface area contributed by atoms with Crippen molar-refractivity contribution in [1.82, 2.24) is 0 Å². The zero-order valence-electron chi connectivity index (χ0n) is 58.1. The highest BCUT2D eigenvalue weighted by molar-refractivity contribution is 7.47. The predicted octanol–water partition coefficient (Wildman–Crippen LogP) is 19.7. The first-order chi connectivity index (χ1) is 42.6. The smallest absolute Gasteiger partial charge is 0.462 e. The van der Waals surface area contributed by atoms with Crippen LogP contribution in [0.3, 0.4) is 0 Å². The summed E-state index contributed by atoms with van der Waals surface area (Å²) in [5.41, 5.74) is 0. The summed E-state index contributed by atoms with van der Waals surface area (Å²) in [6, 6.07) is 0. The summed E-state index contributed by atoms with van der Waals surface area (Å²) in [5, 5.41) is 10.6. The molecular weight excluding hydrogens is 1170 g/mol. The van der Waals surface area contributed by atoms with E-state index in [-0.39, 0.29) is 25.7 Å². The Morgan fingerprint density at radius 3 is 0.697 bits per heavy atom. The van der Waals surface area contributed by atoms with Gasteiger partial charge in [-0.1, -0.05) is 293 Å². The number of unbranched alkanes of at least 4 members (excludes halogenated alkanes) is 33. The maximum atomic E-state index is 13.0. The third kappa shape index (κ3) is 64.6. The van der Waals surface area contributed by atoms with Crippen LogP contribution < -0.4 is 0 Å². The molecule has 0 aliphatic rings. The third-order valence-electron chi connectivity index (χ3n) is 16.1. The molecule has 0 bridgehead atoms. The number of phosphoric acid groups is 2. The molecule has 0 saturated carbocycles. The molecule has 0 aliphatic carbocycles. The van der Waals surface area contributed by atoms with E-state index in [4.69, 9.17) is 37.0 Å². The van der Waals surface area contributed by atoms with Crippen LogP contribution in [0.15, 0.2) is 0 Å². The van der Waals surface area contributed by atoms with Crippen molar-refractivity contribution < 1.29 is 80.2 Å². The second kappa shape index (κ2) is 59.8. The van der Waals surface area contributed by atoms with Gasteiger partial charge < -0.3 is 33.8 Å². The van der Waals surface area contributed by atoms with Gasteiger partial charge in [0.2, 0.25) is 0 Å². The van der Waals surface area contributed by atoms with Gasteiger partial charge in [-0.2, -0.15) is 0 Å². The van der Waals surface area contributed by atoms with Gasteiger partial charge in [0.05, 0.1) is 26.4 Å². The van der Waals surface area contributed by atoms with Crippen LogP contribution in [0.2, 0.25) is 0 Å². The average molecular weight is 1310 g/mol. The standard InChI is InChI=1S/C70H136O17P2/c1-60(2)46-38-30-22-15-11-9-10-12-17-26-34-42-50-67(72)80-57-66(87-70(75)53-45-37-29-21-25-33-41-49-63(7)8)59-85-89(78,79)83-55-64(71)54-82-88(76,77)84-58-65(56-81-68(73)51-43-35-27-20-19-24-32-40-48-62(5)6)86-69(74)52-44-36-28-18-14-13-16-23-31-39-47-61(3)4/h60-66,71H,9-59H2,1-8H3,(H,76,77)(H,78,79)/t64?,65-,66-/m1/s1.